The number of para-hydroxylation sites is 1. The summed E-state index contributed by atoms with van der Waals surface area (Å²) in [5.74, 6) is -0.257. The van der Waals surface area contributed by atoms with E-state index in [1.54, 1.807) is 27.0 Å². The van der Waals surface area contributed by atoms with Gasteiger partial charge in [-0.1, -0.05) is 99.6 Å². The molecule has 5 N–H and O–H groups in total. The molecule has 50 heavy (non-hydrogen) atoms. The van der Waals surface area contributed by atoms with Crippen LogP contribution >= 0.6 is 0 Å². The zero-order valence-corrected chi connectivity index (χ0v) is 29.4. The minimum atomic E-state index is -1.31. The second-order valence-corrected chi connectivity index (χ2v) is 13.7. The first-order chi connectivity index (χ1) is 23.8. The van der Waals surface area contributed by atoms with Gasteiger partial charge in [0.1, 0.15) is 11.8 Å². The van der Waals surface area contributed by atoms with Crippen molar-refractivity contribution in [3.05, 3.63) is 119 Å². The summed E-state index contributed by atoms with van der Waals surface area (Å²) < 4.78 is 5.89. The van der Waals surface area contributed by atoms with Gasteiger partial charge >= 0.3 is 6.09 Å². The summed E-state index contributed by atoms with van der Waals surface area (Å²) in [5.41, 5.74) is 4.67. The van der Waals surface area contributed by atoms with Crippen LogP contribution in [0.5, 0.6) is 5.75 Å². The molecule has 1 aromatic heterocycles. The largest absolute Gasteiger partial charge is 0.483 e. The third kappa shape index (κ3) is 11.2. The first-order valence-electron chi connectivity index (χ1n) is 16.8. The van der Waals surface area contributed by atoms with E-state index in [-0.39, 0.29) is 13.0 Å². The highest BCUT2D eigenvalue weighted by atomic mass is 16.5. The Labute approximate surface area is 294 Å². The van der Waals surface area contributed by atoms with Crippen LogP contribution in [0.3, 0.4) is 0 Å². The molecule has 4 aromatic rings. The first-order valence-corrected chi connectivity index (χ1v) is 16.8. The normalized spacial score (nSPS) is 13.7. The number of pyridine rings is 1. The smallest absolute Gasteiger partial charge is 0.405 e. The number of nitrogens with one attached hydrogen (secondary N) is 3. The van der Waals surface area contributed by atoms with Gasteiger partial charge in [-0.05, 0) is 72.9 Å². The van der Waals surface area contributed by atoms with Crippen LogP contribution in [0, 0.1) is 19.3 Å². The molecule has 1 heterocycles. The number of nitrogens with zero attached hydrogens (tertiary/aromatic N) is 1. The Bertz CT molecular complexity index is 1690. The number of ether oxygens (including phenoxy) is 1. The summed E-state index contributed by atoms with van der Waals surface area (Å²) >= 11 is 0. The van der Waals surface area contributed by atoms with Crippen LogP contribution < -0.4 is 20.7 Å². The molecule has 0 radical (unpaired) electrons. The van der Waals surface area contributed by atoms with E-state index in [1.807, 2.05) is 105 Å². The Morgan fingerprint density at radius 1 is 0.780 bits per heavy atom. The number of hydrogen-bond acceptors (Lipinski definition) is 6. The number of aliphatic hydroxyl groups excluding tert-OH is 1. The summed E-state index contributed by atoms with van der Waals surface area (Å²) in [5, 5.41) is 29.6. The molecule has 10 nitrogen and oxygen atoms in total. The maximum absolute atomic E-state index is 13.6. The highest BCUT2D eigenvalue weighted by Gasteiger charge is 2.35. The molecule has 4 atom stereocenters. The Balaban J connectivity index is 1.57. The molecular weight excluding hydrogens is 632 g/mol. The van der Waals surface area contributed by atoms with Gasteiger partial charge in [-0.15, -0.1) is 0 Å². The second kappa shape index (κ2) is 17.4. The van der Waals surface area contributed by atoms with Gasteiger partial charge in [-0.2, -0.15) is 0 Å². The topological polar surface area (TPSA) is 150 Å². The fraction of sp³-hybridized carbons (Fsp3) is 0.350. The number of aryl methyl sites for hydroxylation is 2. The summed E-state index contributed by atoms with van der Waals surface area (Å²) in [6.45, 7) is 8.93. The molecule has 10 heteroatoms. The maximum atomic E-state index is 13.6. The molecule has 0 fully saturated rings. The lowest BCUT2D eigenvalue weighted by Crippen LogP contribution is -2.56. The molecule has 0 aliphatic carbocycles. The van der Waals surface area contributed by atoms with Crippen molar-refractivity contribution in [3.8, 4) is 17.0 Å². The van der Waals surface area contributed by atoms with E-state index < -0.39 is 47.6 Å². The number of carbonyl (C=O) groups is 3. The molecule has 0 saturated heterocycles. The molecule has 0 spiro atoms. The van der Waals surface area contributed by atoms with Gasteiger partial charge < -0.3 is 30.9 Å². The van der Waals surface area contributed by atoms with Gasteiger partial charge in [0.2, 0.25) is 5.91 Å². The molecule has 3 amide bonds. The Morgan fingerprint density at radius 3 is 2.02 bits per heavy atom. The van der Waals surface area contributed by atoms with Crippen molar-refractivity contribution in [2.75, 3.05) is 6.61 Å². The Hall–Kier alpha value is -5.22. The average molecular weight is 681 g/mol. The standard InChI is InChI=1S/C40H48N4O6/c1-26-12-11-13-27(2)36(26)50-25-35(46)43-33(23-28-14-7-6-8-15-28)34(45)24-31(42-38(47)37(40(3,4)5)44-39(48)49)22-29-17-19-30(20-18-29)32-16-9-10-21-41-32/h6-21,31,33-34,37,44-45H,22-25H2,1-5H3,(H,42,47)(H,43,46)(H,48,49). The van der Waals surface area contributed by atoms with E-state index in [2.05, 4.69) is 20.9 Å². The minimum absolute atomic E-state index is 0.0766. The molecule has 4 unspecified atom stereocenters. The van der Waals surface area contributed by atoms with Gasteiger partial charge in [-0.3, -0.25) is 14.6 Å². The van der Waals surface area contributed by atoms with Crippen molar-refractivity contribution in [1.29, 1.82) is 0 Å². The molecular formula is C40H48N4O6. The van der Waals surface area contributed by atoms with Crippen LogP contribution in [0.1, 0.15) is 49.4 Å². The predicted octanol–water partition coefficient (Wildman–Crippen LogP) is 5.63. The highest BCUT2D eigenvalue weighted by Crippen LogP contribution is 2.24. The van der Waals surface area contributed by atoms with Crippen LogP contribution in [0.4, 0.5) is 4.79 Å². The van der Waals surface area contributed by atoms with Gasteiger partial charge in [0.25, 0.3) is 5.91 Å². The number of benzene rings is 3. The van der Waals surface area contributed by atoms with E-state index in [9.17, 15) is 24.6 Å². The van der Waals surface area contributed by atoms with E-state index >= 15 is 0 Å². The molecule has 4 rings (SSSR count). The second-order valence-electron chi connectivity index (χ2n) is 13.7. The van der Waals surface area contributed by atoms with Crippen molar-refractivity contribution in [3.63, 3.8) is 0 Å². The van der Waals surface area contributed by atoms with Gasteiger partial charge in [0.05, 0.1) is 17.8 Å². The summed E-state index contributed by atoms with van der Waals surface area (Å²) in [6.07, 6.45) is 0.0906. The first kappa shape index (κ1) is 37.6. The SMILES string of the molecule is Cc1cccc(C)c1OCC(=O)NC(Cc1ccccc1)C(O)CC(Cc1ccc(-c2ccccn2)cc1)NC(=O)C(NC(=O)O)C(C)(C)C. The zero-order chi connectivity index (χ0) is 36.3. The fourth-order valence-corrected chi connectivity index (χ4v) is 5.93. The Kier molecular flexibility index (Phi) is 13.1. The van der Waals surface area contributed by atoms with Crippen molar-refractivity contribution in [1.82, 2.24) is 20.9 Å². The average Bonchev–Trinajstić information content (AvgIpc) is 3.07. The van der Waals surface area contributed by atoms with E-state index in [0.29, 0.717) is 18.6 Å². The quantitative estimate of drug-likeness (QED) is 0.109. The molecule has 3 aromatic carbocycles. The van der Waals surface area contributed by atoms with Crippen LogP contribution in [-0.2, 0) is 22.4 Å². The molecule has 0 aliphatic heterocycles. The van der Waals surface area contributed by atoms with Gasteiger partial charge in [-0.25, -0.2) is 4.79 Å². The molecule has 0 aliphatic rings. The third-order valence-corrected chi connectivity index (χ3v) is 8.53. The van der Waals surface area contributed by atoms with Crippen LogP contribution in [-0.4, -0.2) is 63.9 Å². The minimum Gasteiger partial charge on any atom is -0.483 e. The van der Waals surface area contributed by atoms with Gasteiger partial charge in [0, 0.05) is 17.8 Å². The van der Waals surface area contributed by atoms with Crippen molar-refractivity contribution < 1.29 is 29.3 Å². The summed E-state index contributed by atoms with van der Waals surface area (Å²) in [4.78, 5) is 42.9. The van der Waals surface area contributed by atoms with Crippen molar-refractivity contribution >= 4 is 17.9 Å². The van der Waals surface area contributed by atoms with E-state index in [4.69, 9.17) is 4.74 Å². The number of hydrogen-bond donors (Lipinski definition) is 5. The zero-order valence-electron chi connectivity index (χ0n) is 29.4. The number of aromatic nitrogens is 1. The van der Waals surface area contributed by atoms with Crippen molar-refractivity contribution in [2.24, 2.45) is 5.41 Å². The number of aliphatic hydroxyl groups is 1. The van der Waals surface area contributed by atoms with Crippen LogP contribution in [0.25, 0.3) is 11.3 Å². The van der Waals surface area contributed by atoms with Gasteiger partial charge in [0.15, 0.2) is 6.61 Å². The summed E-state index contributed by atoms with van der Waals surface area (Å²) in [6, 6.07) is 26.4. The molecule has 0 saturated carbocycles. The third-order valence-electron chi connectivity index (χ3n) is 8.53. The van der Waals surface area contributed by atoms with E-state index in [1.165, 1.54) is 0 Å². The predicted molar refractivity (Wildman–Crippen MR) is 194 cm³/mol. The maximum Gasteiger partial charge on any atom is 0.405 e. The number of carbonyl (C=O) groups excluding carboxylic acids is 2. The monoisotopic (exact) mass is 680 g/mol. The summed E-state index contributed by atoms with van der Waals surface area (Å²) in [7, 11) is 0. The number of amides is 3. The lowest BCUT2D eigenvalue weighted by Gasteiger charge is -2.33. The Morgan fingerprint density at radius 2 is 1.42 bits per heavy atom. The van der Waals surface area contributed by atoms with Crippen LogP contribution in [0.15, 0.2) is 97.2 Å². The molecule has 0 bridgehead atoms. The fourth-order valence-electron chi connectivity index (χ4n) is 5.93. The lowest BCUT2D eigenvalue weighted by molar-refractivity contribution is -0.127. The lowest BCUT2D eigenvalue weighted by atomic mass is 9.85. The number of rotatable bonds is 15. The molecule has 264 valence electrons. The van der Waals surface area contributed by atoms with Crippen LogP contribution in [0.2, 0.25) is 0 Å². The highest BCUT2D eigenvalue weighted by molar-refractivity contribution is 5.86. The van der Waals surface area contributed by atoms with E-state index in [0.717, 1.165) is 33.5 Å². The number of carboxylic acid groups (broad SMARTS) is 1. The van der Waals surface area contributed by atoms with Crippen molar-refractivity contribution in [2.45, 2.75) is 78.1 Å².